The molecule has 1 amide bonds. The van der Waals surface area contributed by atoms with E-state index in [1.807, 2.05) is 17.5 Å². The van der Waals surface area contributed by atoms with Crippen LogP contribution in [0.4, 0.5) is 18.9 Å². The van der Waals surface area contributed by atoms with E-state index in [9.17, 15) is 18.0 Å². The van der Waals surface area contributed by atoms with Crippen molar-refractivity contribution < 1.29 is 22.7 Å². The van der Waals surface area contributed by atoms with Crippen molar-refractivity contribution in [2.75, 3.05) is 5.32 Å². The number of halogens is 3. The van der Waals surface area contributed by atoms with E-state index in [1.54, 1.807) is 0 Å². The number of amides is 1. The van der Waals surface area contributed by atoms with Crippen LogP contribution in [0.5, 0.6) is 5.75 Å². The predicted octanol–water partition coefficient (Wildman–Crippen LogP) is 3.16. The fraction of sp³-hybridized carbons (Fsp3) is 0.214. The molecule has 4 nitrogen and oxygen atoms in total. The van der Waals surface area contributed by atoms with Gasteiger partial charge in [-0.15, -0.1) is 24.5 Å². The van der Waals surface area contributed by atoms with Crippen LogP contribution in [0, 0.1) is 0 Å². The van der Waals surface area contributed by atoms with Crippen molar-refractivity contribution in [3.63, 3.8) is 0 Å². The van der Waals surface area contributed by atoms with Crippen molar-refractivity contribution in [1.82, 2.24) is 0 Å². The number of hydrogen-bond acceptors (Lipinski definition) is 4. The molecule has 0 aliphatic heterocycles. The normalized spacial score (nSPS) is 12.7. The molecule has 0 aliphatic carbocycles. The first-order valence-corrected chi connectivity index (χ1v) is 7.16. The molecule has 3 N–H and O–H groups in total. The van der Waals surface area contributed by atoms with Gasteiger partial charge in [0.2, 0.25) is 5.91 Å². The second-order valence-corrected chi connectivity index (χ2v) is 5.49. The third-order valence-corrected chi connectivity index (χ3v) is 3.57. The second kappa shape index (κ2) is 6.80. The lowest BCUT2D eigenvalue weighted by Crippen LogP contribution is -2.37. The Balaban J connectivity index is 1.97. The summed E-state index contributed by atoms with van der Waals surface area (Å²) in [5.41, 5.74) is 5.97. The second-order valence-electron chi connectivity index (χ2n) is 4.45. The lowest BCUT2D eigenvalue weighted by Gasteiger charge is -2.13. The molecule has 0 bridgehead atoms. The van der Waals surface area contributed by atoms with Gasteiger partial charge < -0.3 is 15.8 Å². The van der Waals surface area contributed by atoms with E-state index in [0.717, 1.165) is 17.0 Å². The first-order chi connectivity index (χ1) is 10.3. The third kappa shape index (κ3) is 5.05. The molecule has 0 radical (unpaired) electrons. The fourth-order valence-electron chi connectivity index (χ4n) is 1.74. The van der Waals surface area contributed by atoms with E-state index >= 15 is 0 Å². The number of nitrogens with one attached hydrogen (secondary N) is 1. The Bertz CT molecular complexity index is 629. The molecule has 118 valence electrons. The quantitative estimate of drug-likeness (QED) is 0.885. The molecule has 1 aromatic carbocycles. The third-order valence-electron chi connectivity index (χ3n) is 2.67. The molecule has 0 spiro atoms. The minimum absolute atomic E-state index is 0.188. The maximum absolute atomic E-state index is 12.1. The Morgan fingerprint density at radius 1 is 1.32 bits per heavy atom. The molecule has 0 fully saturated rings. The Morgan fingerprint density at radius 2 is 2.09 bits per heavy atom. The molecule has 0 aliphatic rings. The van der Waals surface area contributed by atoms with Crippen LogP contribution in [0.15, 0.2) is 41.8 Å². The number of anilines is 1. The number of carbonyl (C=O) groups excluding carboxylic acids is 1. The van der Waals surface area contributed by atoms with Gasteiger partial charge in [-0.1, -0.05) is 12.1 Å². The van der Waals surface area contributed by atoms with Gasteiger partial charge in [0, 0.05) is 23.1 Å². The van der Waals surface area contributed by atoms with Crippen LogP contribution in [0.1, 0.15) is 4.88 Å². The monoisotopic (exact) mass is 330 g/mol. The van der Waals surface area contributed by atoms with Crippen LogP contribution in [0.3, 0.4) is 0 Å². The zero-order valence-corrected chi connectivity index (χ0v) is 12.1. The maximum atomic E-state index is 12.1. The molecule has 1 atom stereocenters. The van der Waals surface area contributed by atoms with Crippen LogP contribution < -0.4 is 15.8 Å². The summed E-state index contributed by atoms with van der Waals surface area (Å²) in [6.07, 6.45) is -4.42. The van der Waals surface area contributed by atoms with Crippen molar-refractivity contribution in [2.45, 2.75) is 18.8 Å². The van der Waals surface area contributed by atoms with Crippen molar-refractivity contribution in [2.24, 2.45) is 5.73 Å². The van der Waals surface area contributed by atoms with Gasteiger partial charge in [0.05, 0.1) is 6.04 Å². The summed E-state index contributed by atoms with van der Waals surface area (Å²) < 4.78 is 40.2. The van der Waals surface area contributed by atoms with Crippen LogP contribution in [-0.2, 0) is 11.2 Å². The number of nitrogens with two attached hydrogens (primary N) is 1. The zero-order chi connectivity index (χ0) is 16.2. The van der Waals surface area contributed by atoms with Gasteiger partial charge in [0.1, 0.15) is 5.75 Å². The molecule has 0 saturated carbocycles. The number of ether oxygens (including phenoxy) is 1. The highest BCUT2D eigenvalue weighted by Gasteiger charge is 2.31. The van der Waals surface area contributed by atoms with Crippen molar-refractivity contribution >= 4 is 22.9 Å². The highest BCUT2D eigenvalue weighted by Crippen LogP contribution is 2.25. The summed E-state index contributed by atoms with van der Waals surface area (Å²) in [6.45, 7) is 0. The Labute approximate surface area is 128 Å². The van der Waals surface area contributed by atoms with Crippen LogP contribution in [0.25, 0.3) is 0 Å². The van der Waals surface area contributed by atoms with E-state index in [2.05, 4.69) is 10.1 Å². The maximum Gasteiger partial charge on any atom is 0.573 e. The summed E-state index contributed by atoms with van der Waals surface area (Å²) in [7, 11) is 0. The molecule has 22 heavy (non-hydrogen) atoms. The van der Waals surface area contributed by atoms with Crippen LogP contribution in [-0.4, -0.2) is 18.3 Å². The molecular formula is C14H13F3N2O2S. The first-order valence-electron chi connectivity index (χ1n) is 6.28. The summed E-state index contributed by atoms with van der Waals surface area (Å²) in [5, 5.41) is 4.35. The SMILES string of the molecule is N[C@@H](Cc1cccs1)C(=O)Nc1cccc(OC(F)(F)F)c1. The summed E-state index contributed by atoms with van der Waals surface area (Å²) in [4.78, 5) is 12.9. The number of rotatable bonds is 5. The summed E-state index contributed by atoms with van der Waals surface area (Å²) in [5.74, 6) is -0.880. The number of benzene rings is 1. The van der Waals surface area contributed by atoms with Gasteiger partial charge in [-0.25, -0.2) is 0 Å². The van der Waals surface area contributed by atoms with E-state index in [4.69, 9.17) is 5.73 Å². The van der Waals surface area contributed by atoms with Gasteiger partial charge in [-0.2, -0.15) is 0 Å². The lowest BCUT2D eigenvalue weighted by atomic mass is 10.1. The molecular weight excluding hydrogens is 317 g/mol. The number of hydrogen-bond donors (Lipinski definition) is 2. The minimum Gasteiger partial charge on any atom is -0.406 e. The van der Waals surface area contributed by atoms with E-state index in [0.29, 0.717) is 6.42 Å². The first kappa shape index (κ1) is 16.3. The van der Waals surface area contributed by atoms with E-state index in [-0.39, 0.29) is 5.69 Å². The van der Waals surface area contributed by atoms with Crippen LogP contribution in [0.2, 0.25) is 0 Å². The van der Waals surface area contributed by atoms with Crippen molar-refractivity contribution in [1.29, 1.82) is 0 Å². The number of alkyl halides is 3. The lowest BCUT2D eigenvalue weighted by molar-refractivity contribution is -0.274. The minimum atomic E-state index is -4.78. The van der Waals surface area contributed by atoms with Gasteiger partial charge in [0.15, 0.2) is 0 Å². The topological polar surface area (TPSA) is 64.4 Å². The average Bonchev–Trinajstić information content (AvgIpc) is 2.89. The smallest absolute Gasteiger partial charge is 0.406 e. The molecule has 0 unspecified atom stereocenters. The van der Waals surface area contributed by atoms with Gasteiger partial charge in [-0.3, -0.25) is 4.79 Å². The molecule has 0 saturated heterocycles. The van der Waals surface area contributed by atoms with Crippen molar-refractivity contribution in [3.8, 4) is 5.75 Å². The molecule has 2 rings (SSSR count). The standard InChI is InChI=1S/C14H13F3N2O2S/c15-14(16,17)21-10-4-1-3-9(7-10)19-13(20)12(18)8-11-5-2-6-22-11/h1-7,12H,8,18H2,(H,19,20)/t12-/m0/s1. The Hall–Kier alpha value is -2.06. The summed E-state index contributed by atoms with van der Waals surface area (Å²) in [6, 6.07) is 7.96. The molecule has 1 heterocycles. The summed E-state index contributed by atoms with van der Waals surface area (Å²) >= 11 is 1.48. The largest absolute Gasteiger partial charge is 0.573 e. The average molecular weight is 330 g/mol. The fourth-order valence-corrected chi connectivity index (χ4v) is 2.51. The van der Waals surface area contributed by atoms with E-state index < -0.39 is 24.1 Å². The molecule has 2 aromatic rings. The van der Waals surface area contributed by atoms with Crippen LogP contribution >= 0.6 is 11.3 Å². The molecule has 8 heteroatoms. The van der Waals surface area contributed by atoms with Gasteiger partial charge in [0.25, 0.3) is 0 Å². The highest BCUT2D eigenvalue weighted by atomic mass is 32.1. The molecule has 1 aromatic heterocycles. The Morgan fingerprint density at radius 3 is 2.73 bits per heavy atom. The van der Waals surface area contributed by atoms with E-state index in [1.165, 1.54) is 23.5 Å². The van der Waals surface area contributed by atoms with Gasteiger partial charge >= 0.3 is 6.36 Å². The predicted molar refractivity (Wildman–Crippen MR) is 77.8 cm³/mol. The van der Waals surface area contributed by atoms with Crippen molar-refractivity contribution in [3.05, 3.63) is 46.7 Å². The van der Waals surface area contributed by atoms with Gasteiger partial charge in [-0.05, 0) is 23.6 Å². The zero-order valence-electron chi connectivity index (χ0n) is 11.3. The highest BCUT2D eigenvalue weighted by molar-refractivity contribution is 7.09. The number of carbonyl (C=O) groups is 1. The Kier molecular flexibility index (Phi) is 5.04. The number of thiophene rings is 1.